The molecule has 2 N–H and O–H groups in total. The molecule has 23 heavy (non-hydrogen) atoms. The number of carbonyl (C=O) groups excluding carboxylic acids is 1. The Bertz CT molecular complexity index is 736. The van der Waals surface area contributed by atoms with Crippen LogP contribution in [0.15, 0.2) is 72.1 Å². The van der Waals surface area contributed by atoms with Gasteiger partial charge < -0.3 is 9.84 Å². The first kappa shape index (κ1) is 15.2. The van der Waals surface area contributed by atoms with Gasteiger partial charge in [0.1, 0.15) is 6.61 Å². The molecule has 0 radical (unpaired) electrons. The molecule has 1 aliphatic rings. The van der Waals surface area contributed by atoms with E-state index in [9.17, 15) is 9.90 Å². The quantitative estimate of drug-likeness (QED) is 0.874. The third kappa shape index (κ3) is 3.55. The fourth-order valence-electron chi connectivity index (χ4n) is 2.46. The third-order valence-corrected chi connectivity index (χ3v) is 3.66. The van der Waals surface area contributed by atoms with E-state index in [2.05, 4.69) is 4.99 Å². The minimum atomic E-state index is -0.928. The van der Waals surface area contributed by atoms with Crippen molar-refractivity contribution in [3.8, 4) is 0 Å². The molecule has 116 valence electrons. The Balaban J connectivity index is 1.86. The number of rotatable bonds is 5. The van der Waals surface area contributed by atoms with Crippen LogP contribution in [-0.2, 0) is 16.1 Å². The number of ketones is 1. The first-order valence-electron chi connectivity index (χ1n) is 7.51. The summed E-state index contributed by atoms with van der Waals surface area (Å²) in [6.07, 6.45) is 0.955. The van der Waals surface area contributed by atoms with Crippen molar-refractivity contribution in [3.05, 3.63) is 83.2 Å². The summed E-state index contributed by atoms with van der Waals surface area (Å²) in [7, 11) is 0. The van der Waals surface area contributed by atoms with Gasteiger partial charge in [-0.05, 0) is 11.1 Å². The summed E-state index contributed by atoms with van der Waals surface area (Å²) < 4.78 is 5.72. The molecular formula is C19H18NO3+. The number of nitrogens with one attached hydrogen (secondary N) is 1. The van der Waals surface area contributed by atoms with Gasteiger partial charge in [-0.3, -0.25) is 4.79 Å². The fourth-order valence-corrected chi connectivity index (χ4v) is 2.46. The van der Waals surface area contributed by atoms with Crippen molar-refractivity contribution < 1.29 is 19.6 Å². The number of carbonyl (C=O) groups is 1. The molecule has 0 saturated carbocycles. The molecule has 1 unspecified atom stereocenters. The van der Waals surface area contributed by atoms with Gasteiger partial charge in [0, 0.05) is 0 Å². The monoisotopic (exact) mass is 308 g/mol. The Morgan fingerprint density at radius 3 is 2.39 bits per heavy atom. The van der Waals surface area contributed by atoms with E-state index >= 15 is 0 Å². The van der Waals surface area contributed by atoms with E-state index in [0.717, 1.165) is 5.56 Å². The van der Waals surface area contributed by atoms with Crippen LogP contribution in [0.4, 0.5) is 0 Å². The first-order valence-corrected chi connectivity index (χ1v) is 7.51. The number of hydrogen-bond donors (Lipinski definition) is 2. The van der Waals surface area contributed by atoms with E-state index in [4.69, 9.17) is 4.74 Å². The van der Waals surface area contributed by atoms with E-state index in [-0.39, 0.29) is 24.6 Å². The Hall–Kier alpha value is -2.72. The number of benzene rings is 2. The van der Waals surface area contributed by atoms with Crippen molar-refractivity contribution in [1.82, 2.24) is 0 Å². The van der Waals surface area contributed by atoms with Crippen molar-refractivity contribution in [2.24, 2.45) is 0 Å². The molecular weight excluding hydrogens is 290 g/mol. The van der Waals surface area contributed by atoms with Gasteiger partial charge in [0.05, 0.1) is 6.42 Å². The molecule has 0 aromatic heterocycles. The van der Waals surface area contributed by atoms with Gasteiger partial charge in [-0.2, -0.15) is 0 Å². The molecule has 0 saturated heterocycles. The molecule has 4 heteroatoms. The Morgan fingerprint density at radius 1 is 1.04 bits per heavy atom. The normalized spacial score (nSPS) is 15.6. The summed E-state index contributed by atoms with van der Waals surface area (Å²) >= 11 is 0. The lowest BCUT2D eigenvalue weighted by Crippen LogP contribution is -2.70. The zero-order valence-corrected chi connectivity index (χ0v) is 12.6. The van der Waals surface area contributed by atoms with Gasteiger partial charge in [0.2, 0.25) is 11.5 Å². The molecule has 0 aliphatic carbocycles. The van der Waals surface area contributed by atoms with Crippen LogP contribution in [-0.4, -0.2) is 17.1 Å². The predicted molar refractivity (Wildman–Crippen MR) is 86.3 cm³/mol. The highest BCUT2D eigenvalue weighted by molar-refractivity contribution is 6.02. The van der Waals surface area contributed by atoms with Crippen LogP contribution in [0, 0.1) is 0 Å². The van der Waals surface area contributed by atoms with Crippen LogP contribution in [0.1, 0.15) is 23.7 Å². The lowest BCUT2D eigenvalue weighted by Gasteiger charge is -2.15. The Labute approximate surface area is 134 Å². The van der Waals surface area contributed by atoms with Crippen LogP contribution in [0.25, 0.3) is 0 Å². The van der Waals surface area contributed by atoms with Gasteiger partial charge in [-0.25, -0.2) is 4.99 Å². The van der Waals surface area contributed by atoms with Gasteiger partial charge in [-0.15, -0.1) is 0 Å². The maximum Gasteiger partial charge on any atom is 0.258 e. The smallest absolute Gasteiger partial charge is 0.258 e. The molecule has 0 amide bonds. The molecule has 1 heterocycles. The van der Waals surface area contributed by atoms with Gasteiger partial charge in [0.25, 0.3) is 5.70 Å². The minimum Gasteiger partial charge on any atom is -0.480 e. The van der Waals surface area contributed by atoms with E-state index in [1.165, 1.54) is 0 Å². The van der Waals surface area contributed by atoms with Crippen molar-refractivity contribution in [2.45, 2.75) is 19.1 Å². The molecule has 2 aromatic carbocycles. The second-order valence-electron chi connectivity index (χ2n) is 5.31. The summed E-state index contributed by atoms with van der Waals surface area (Å²) in [5.41, 5.74) is 2.07. The minimum absolute atomic E-state index is 0.135. The van der Waals surface area contributed by atoms with Crippen LogP contribution >= 0.6 is 0 Å². The number of Topliss-reactive ketones (excluding diaryl/α,β-unsaturated/α-hetero) is 1. The van der Waals surface area contributed by atoms with E-state index < -0.39 is 6.10 Å². The number of ether oxygens (including phenoxy) is 1. The van der Waals surface area contributed by atoms with Crippen LogP contribution in [0.2, 0.25) is 0 Å². The number of hydrogen-bond acceptors (Lipinski definition) is 3. The zero-order valence-electron chi connectivity index (χ0n) is 12.6. The summed E-state index contributed by atoms with van der Waals surface area (Å²) in [6.45, 7) is 0.286. The topological polar surface area (TPSA) is 60.5 Å². The van der Waals surface area contributed by atoms with Gasteiger partial charge >= 0.3 is 0 Å². The molecule has 0 fully saturated rings. The Kier molecular flexibility index (Phi) is 4.64. The van der Waals surface area contributed by atoms with E-state index in [1.54, 1.807) is 6.21 Å². The molecule has 3 rings (SSSR count). The molecule has 4 nitrogen and oxygen atoms in total. The molecule has 2 aromatic rings. The summed E-state index contributed by atoms with van der Waals surface area (Å²) in [6, 6.07) is 18.8. The summed E-state index contributed by atoms with van der Waals surface area (Å²) in [5, 5.41) is 10.6. The van der Waals surface area contributed by atoms with Crippen molar-refractivity contribution >= 4 is 12.0 Å². The van der Waals surface area contributed by atoms with Crippen LogP contribution in [0.5, 0.6) is 0 Å². The summed E-state index contributed by atoms with van der Waals surface area (Å²) in [5.74, 6) is 0.0670. The van der Waals surface area contributed by atoms with E-state index in [1.807, 2.05) is 60.7 Å². The van der Waals surface area contributed by atoms with Gasteiger partial charge in [0.15, 0.2) is 12.3 Å². The maximum absolute atomic E-state index is 12.2. The predicted octanol–water partition coefficient (Wildman–Crippen LogP) is 1.27. The third-order valence-electron chi connectivity index (χ3n) is 3.66. The highest BCUT2D eigenvalue weighted by atomic mass is 16.5. The molecule has 0 spiro atoms. The fraction of sp³-hybridized carbons (Fsp3) is 0.158. The zero-order chi connectivity index (χ0) is 16.1. The standard InChI is InChI=1S/C19H17NO3/c21-16-11-12-20-17(18(22)15-9-5-2-6-10-15)19(16)23-13-14-7-3-1-4-8-14/h1-10,12,18,22H,11,13H2/p+1. The van der Waals surface area contributed by atoms with E-state index in [0.29, 0.717) is 11.3 Å². The van der Waals surface area contributed by atoms with Crippen LogP contribution < -0.4 is 4.99 Å². The number of allylic oxidation sites excluding steroid dienone is 1. The second-order valence-corrected chi connectivity index (χ2v) is 5.31. The first-order chi connectivity index (χ1) is 11.3. The summed E-state index contributed by atoms with van der Waals surface area (Å²) in [4.78, 5) is 15.2. The van der Waals surface area contributed by atoms with Gasteiger partial charge in [-0.1, -0.05) is 60.7 Å². The largest absolute Gasteiger partial charge is 0.480 e. The lowest BCUT2D eigenvalue weighted by molar-refractivity contribution is -0.411. The number of aliphatic hydroxyl groups excluding tert-OH is 1. The van der Waals surface area contributed by atoms with Crippen molar-refractivity contribution in [1.29, 1.82) is 0 Å². The maximum atomic E-state index is 12.2. The van der Waals surface area contributed by atoms with Crippen molar-refractivity contribution in [2.75, 3.05) is 0 Å². The molecule has 1 atom stereocenters. The number of aliphatic hydroxyl groups is 1. The van der Waals surface area contributed by atoms with Crippen molar-refractivity contribution in [3.63, 3.8) is 0 Å². The molecule has 1 aliphatic heterocycles. The SMILES string of the molecule is O=C1CC=[NH+]C(C(O)c2ccccc2)=C1OCc1ccccc1. The molecule has 0 bridgehead atoms. The highest BCUT2D eigenvalue weighted by Crippen LogP contribution is 2.22. The average molecular weight is 308 g/mol. The van der Waals surface area contributed by atoms with Crippen LogP contribution in [0.3, 0.4) is 0 Å². The average Bonchev–Trinajstić information content (AvgIpc) is 2.61. The second kappa shape index (κ2) is 7.03. The Morgan fingerprint density at radius 2 is 1.70 bits per heavy atom. The lowest BCUT2D eigenvalue weighted by atomic mass is 10.0. The highest BCUT2D eigenvalue weighted by Gasteiger charge is 2.31.